The van der Waals surface area contributed by atoms with Crippen molar-refractivity contribution in [3.8, 4) is 5.75 Å². The normalized spacial score (nSPS) is 13.0. The molecule has 0 atom stereocenters. The van der Waals surface area contributed by atoms with Crippen LogP contribution in [-0.4, -0.2) is 9.67 Å². The maximum absolute atomic E-state index is 13.6. The van der Waals surface area contributed by atoms with Crippen molar-refractivity contribution in [2.24, 2.45) is 0 Å². The lowest BCUT2D eigenvalue weighted by atomic mass is 9.86. The van der Waals surface area contributed by atoms with Gasteiger partial charge in [0.15, 0.2) is 0 Å². The van der Waals surface area contributed by atoms with E-state index in [2.05, 4.69) is 30.3 Å². The Balaban J connectivity index is 1.54. The average molecular weight is 420 g/mol. The second-order valence-corrected chi connectivity index (χ2v) is 8.30. The zero-order valence-corrected chi connectivity index (χ0v) is 17.8. The summed E-state index contributed by atoms with van der Waals surface area (Å²) in [5.41, 5.74) is 6.25. The van der Waals surface area contributed by atoms with Gasteiger partial charge in [-0.15, -0.1) is 0 Å². The molecule has 0 unspecified atom stereocenters. The van der Waals surface area contributed by atoms with Gasteiger partial charge in [0.1, 0.15) is 5.75 Å². The van der Waals surface area contributed by atoms with Crippen LogP contribution in [0.25, 0.3) is 6.08 Å². The summed E-state index contributed by atoms with van der Waals surface area (Å²) in [5.74, 6) is 0.237. The summed E-state index contributed by atoms with van der Waals surface area (Å²) in [7, 11) is 0. The molecule has 0 spiro atoms. The predicted molar refractivity (Wildman–Crippen MR) is 129 cm³/mol. The number of fused-ring (bicyclic) bond motifs is 1. The Morgan fingerprint density at radius 2 is 1.47 bits per heavy atom. The lowest BCUT2D eigenvalue weighted by molar-refractivity contribution is 0.467. The average Bonchev–Trinajstić information content (AvgIpc) is 2.83. The zero-order valence-electron chi connectivity index (χ0n) is 17.8. The molecule has 5 rings (SSSR count). The molecule has 1 aliphatic rings. The molecule has 0 aliphatic heterocycles. The summed E-state index contributed by atoms with van der Waals surface area (Å²) in [6.07, 6.45) is 5.61. The number of aromatic nitrogens is 1. The minimum atomic E-state index is -0.115. The standard InChI is InChI=1S/C29H25NO2/c31-27-15-7-13-24-19-21(16-17-25(24)27)20-30-18-8-14-26(29(30)32)28(22-9-3-1-4-10-22)23-11-5-2-6-12-23/h1-15,18-19,28,31H,16-17,20H2. The second-order valence-electron chi connectivity index (χ2n) is 8.30. The Morgan fingerprint density at radius 1 is 0.781 bits per heavy atom. The maximum Gasteiger partial charge on any atom is 0.254 e. The number of phenolic OH excluding ortho intramolecular Hbond substituents is 1. The molecule has 1 N–H and O–H groups in total. The van der Waals surface area contributed by atoms with Crippen LogP contribution < -0.4 is 5.56 Å². The Hall–Kier alpha value is -3.85. The highest BCUT2D eigenvalue weighted by Gasteiger charge is 2.21. The number of aromatic hydroxyl groups is 1. The van der Waals surface area contributed by atoms with Crippen molar-refractivity contribution in [2.45, 2.75) is 25.3 Å². The fourth-order valence-corrected chi connectivity index (χ4v) is 4.66. The van der Waals surface area contributed by atoms with Crippen molar-refractivity contribution in [3.63, 3.8) is 0 Å². The van der Waals surface area contributed by atoms with E-state index in [0.29, 0.717) is 12.3 Å². The van der Waals surface area contributed by atoms with E-state index in [0.717, 1.165) is 40.7 Å². The van der Waals surface area contributed by atoms with Gasteiger partial charge in [0.2, 0.25) is 0 Å². The summed E-state index contributed by atoms with van der Waals surface area (Å²) < 4.78 is 1.81. The van der Waals surface area contributed by atoms with Gasteiger partial charge in [0.25, 0.3) is 5.56 Å². The van der Waals surface area contributed by atoms with E-state index < -0.39 is 0 Å². The van der Waals surface area contributed by atoms with Crippen molar-refractivity contribution < 1.29 is 5.11 Å². The van der Waals surface area contributed by atoms with Gasteiger partial charge in [0.05, 0.1) is 0 Å². The number of nitrogens with zero attached hydrogens (tertiary/aromatic N) is 1. The number of pyridine rings is 1. The van der Waals surface area contributed by atoms with Crippen molar-refractivity contribution >= 4 is 6.08 Å². The first-order valence-corrected chi connectivity index (χ1v) is 11.0. The highest BCUT2D eigenvalue weighted by atomic mass is 16.3. The second kappa shape index (κ2) is 8.72. The third-order valence-electron chi connectivity index (χ3n) is 6.24. The van der Waals surface area contributed by atoms with Crippen LogP contribution in [0.3, 0.4) is 0 Å². The quantitative estimate of drug-likeness (QED) is 0.447. The van der Waals surface area contributed by atoms with E-state index in [1.165, 1.54) is 5.57 Å². The van der Waals surface area contributed by atoms with Crippen molar-refractivity contribution in [2.75, 3.05) is 0 Å². The molecule has 32 heavy (non-hydrogen) atoms. The minimum absolute atomic E-state index is 0.0350. The lowest BCUT2D eigenvalue weighted by Crippen LogP contribution is -2.26. The number of hydrogen-bond acceptors (Lipinski definition) is 2. The minimum Gasteiger partial charge on any atom is -0.508 e. The Morgan fingerprint density at radius 3 is 2.16 bits per heavy atom. The molecular weight excluding hydrogens is 394 g/mol. The van der Waals surface area contributed by atoms with Crippen LogP contribution in [0.5, 0.6) is 5.75 Å². The Bertz CT molecular complexity index is 1280. The van der Waals surface area contributed by atoms with Gasteiger partial charge in [-0.05, 0) is 47.2 Å². The lowest BCUT2D eigenvalue weighted by Gasteiger charge is -2.21. The molecule has 0 saturated heterocycles. The molecule has 0 amide bonds. The van der Waals surface area contributed by atoms with Crippen LogP contribution in [-0.2, 0) is 13.0 Å². The third-order valence-corrected chi connectivity index (χ3v) is 6.24. The van der Waals surface area contributed by atoms with Gasteiger partial charge in [-0.2, -0.15) is 0 Å². The SMILES string of the molecule is O=c1c(C(c2ccccc2)c2ccccc2)cccn1CC1=Cc2cccc(O)c2CC1. The summed E-state index contributed by atoms with van der Waals surface area (Å²) in [5, 5.41) is 10.1. The Kier molecular flexibility index (Phi) is 5.47. The third kappa shape index (κ3) is 3.90. The van der Waals surface area contributed by atoms with Crippen molar-refractivity contribution in [3.05, 3.63) is 141 Å². The van der Waals surface area contributed by atoms with Crippen molar-refractivity contribution in [1.82, 2.24) is 4.57 Å². The molecular formula is C29H25NO2. The van der Waals surface area contributed by atoms with Crippen LogP contribution in [0.1, 0.15) is 40.2 Å². The molecule has 0 saturated carbocycles. The molecule has 0 radical (unpaired) electrons. The first kappa shape index (κ1) is 20.1. The van der Waals surface area contributed by atoms with Gasteiger partial charge < -0.3 is 9.67 Å². The first-order valence-electron chi connectivity index (χ1n) is 11.0. The van der Waals surface area contributed by atoms with E-state index in [1.54, 1.807) is 6.07 Å². The molecule has 3 nitrogen and oxygen atoms in total. The number of phenols is 1. The van der Waals surface area contributed by atoms with Crippen LogP contribution in [0, 0.1) is 0 Å². The monoisotopic (exact) mass is 419 g/mol. The largest absolute Gasteiger partial charge is 0.508 e. The highest BCUT2D eigenvalue weighted by molar-refractivity contribution is 5.62. The Labute approximate surface area is 187 Å². The van der Waals surface area contributed by atoms with Crippen LogP contribution >= 0.6 is 0 Å². The summed E-state index contributed by atoms with van der Waals surface area (Å²) in [6.45, 7) is 0.554. The van der Waals surface area contributed by atoms with E-state index in [1.807, 2.05) is 71.4 Å². The molecule has 3 heteroatoms. The van der Waals surface area contributed by atoms with Gasteiger partial charge >= 0.3 is 0 Å². The number of rotatable bonds is 5. The van der Waals surface area contributed by atoms with Crippen LogP contribution in [0.4, 0.5) is 0 Å². The maximum atomic E-state index is 13.6. The highest BCUT2D eigenvalue weighted by Crippen LogP contribution is 2.32. The van der Waals surface area contributed by atoms with Gasteiger partial charge in [-0.25, -0.2) is 0 Å². The molecule has 1 aromatic heterocycles. The van der Waals surface area contributed by atoms with Crippen molar-refractivity contribution in [1.29, 1.82) is 0 Å². The van der Waals surface area contributed by atoms with E-state index in [-0.39, 0.29) is 11.5 Å². The summed E-state index contributed by atoms with van der Waals surface area (Å²) >= 11 is 0. The molecule has 1 heterocycles. The van der Waals surface area contributed by atoms with E-state index in [9.17, 15) is 9.90 Å². The fraction of sp³-hybridized carbons (Fsp3) is 0.138. The zero-order chi connectivity index (χ0) is 21.9. The molecule has 0 bridgehead atoms. The summed E-state index contributed by atoms with van der Waals surface area (Å²) in [4.78, 5) is 13.6. The summed E-state index contributed by atoms with van der Waals surface area (Å²) in [6, 6.07) is 30.0. The molecule has 4 aromatic rings. The van der Waals surface area contributed by atoms with E-state index >= 15 is 0 Å². The number of benzene rings is 3. The van der Waals surface area contributed by atoms with Gasteiger partial charge in [-0.1, -0.05) is 84.9 Å². The predicted octanol–water partition coefficient (Wildman–Crippen LogP) is 5.76. The molecule has 3 aromatic carbocycles. The number of allylic oxidation sites excluding steroid dienone is 1. The van der Waals surface area contributed by atoms with Crippen LogP contribution in [0.15, 0.2) is 108 Å². The number of hydrogen-bond donors (Lipinski definition) is 1. The fourth-order valence-electron chi connectivity index (χ4n) is 4.66. The first-order chi connectivity index (χ1) is 15.7. The van der Waals surface area contributed by atoms with E-state index in [4.69, 9.17) is 0 Å². The van der Waals surface area contributed by atoms with Crippen LogP contribution in [0.2, 0.25) is 0 Å². The molecule has 1 aliphatic carbocycles. The molecule has 158 valence electrons. The topological polar surface area (TPSA) is 42.2 Å². The van der Waals surface area contributed by atoms with Gasteiger partial charge in [-0.3, -0.25) is 4.79 Å². The molecule has 0 fully saturated rings. The van der Waals surface area contributed by atoms with Gasteiger partial charge in [0, 0.05) is 29.8 Å². The smallest absolute Gasteiger partial charge is 0.254 e.